The van der Waals surface area contributed by atoms with E-state index in [1.165, 1.54) is 51.4 Å². The van der Waals surface area contributed by atoms with Crippen LogP contribution in [0.25, 0.3) is 0 Å². The van der Waals surface area contributed by atoms with Gasteiger partial charge >= 0.3 is 0 Å². The van der Waals surface area contributed by atoms with E-state index < -0.39 is 0 Å². The topological polar surface area (TPSA) is 20.2 Å². The Morgan fingerprint density at radius 1 is 1.06 bits per heavy atom. The maximum absolute atomic E-state index is 10.5. The summed E-state index contributed by atoms with van der Waals surface area (Å²) in [6.07, 6.45) is 10.8. The van der Waals surface area contributed by atoms with Crippen LogP contribution in [0.2, 0.25) is 0 Å². The van der Waals surface area contributed by atoms with Crippen molar-refractivity contribution in [3.05, 3.63) is 0 Å². The van der Waals surface area contributed by atoms with Gasteiger partial charge in [-0.15, -0.1) is 0 Å². The molecule has 2 aliphatic rings. The Kier molecular flexibility index (Phi) is 4.29. The summed E-state index contributed by atoms with van der Waals surface area (Å²) in [5, 5.41) is 10.5. The summed E-state index contributed by atoms with van der Waals surface area (Å²) in [7, 11) is 0. The first-order valence-electron chi connectivity index (χ1n) is 7.42. The molecule has 2 aliphatic carbocycles. The second-order valence-corrected chi connectivity index (χ2v) is 6.18. The van der Waals surface area contributed by atoms with Crippen LogP contribution in [0, 0.1) is 23.7 Å². The van der Waals surface area contributed by atoms with Gasteiger partial charge in [-0.3, -0.25) is 0 Å². The third-order valence-electron chi connectivity index (χ3n) is 5.34. The van der Waals surface area contributed by atoms with Gasteiger partial charge in [0.2, 0.25) is 0 Å². The molecule has 0 heterocycles. The lowest BCUT2D eigenvalue weighted by Gasteiger charge is -2.32. The fraction of sp³-hybridized carbons (Fsp3) is 1.00. The first-order valence-corrected chi connectivity index (χ1v) is 7.42. The Hall–Kier alpha value is -0.0400. The molecule has 4 atom stereocenters. The molecule has 2 fully saturated rings. The Bertz CT molecular complexity index is 207. The van der Waals surface area contributed by atoms with E-state index in [0.717, 1.165) is 5.92 Å². The minimum Gasteiger partial charge on any atom is -0.393 e. The van der Waals surface area contributed by atoms with Crippen LogP contribution in [0.4, 0.5) is 0 Å². The van der Waals surface area contributed by atoms with Gasteiger partial charge in [0.05, 0.1) is 6.10 Å². The first-order chi connectivity index (χ1) is 7.74. The van der Waals surface area contributed by atoms with Crippen LogP contribution >= 0.6 is 0 Å². The van der Waals surface area contributed by atoms with E-state index in [0.29, 0.717) is 17.8 Å². The summed E-state index contributed by atoms with van der Waals surface area (Å²) >= 11 is 0. The van der Waals surface area contributed by atoms with Crippen molar-refractivity contribution in [1.82, 2.24) is 0 Å². The highest BCUT2D eigenvalue weighted by Gasteiger charge is 2.40. The summed E-state index contributed by atoms with van der Waals surface area (Å²) in [5.41, 5.74) is 0. The Labute approximate surface area is 101 Å². The lowest BCUT2D eigenvalue weighted by molar-refractivity contribution is 0.0358. The molecule has 0 amide bonds. The zero-order valence-electron chi connectivity index (χ0n) is 11.0. The predicted molar refractivity (Wildman–Crippen MR) is 68.3 cm³/mol. The van der Waals surface area contributed by atoms with E-state index in [1.807, 2.05) is 0 Å². The van der Waals surface area contributed by atoms with Crippen molar-refractivity contribution in [2.24, 2.45) is 23.7 Å². The second kappa shape index (κ2) is 5.53. The van der Waals surface area contributed by atoms with Crippen LogP contribution in [0.3, 0.4) is 0 Å². The van der Waals surface area contributed by atoms with Crippen LogP contribution in [-0.2, 0) is 0 Å². The zero-order chi connectivity index (χ0) is 11.5. The maximum Gasteiger partial charge on any atom is 0.0601 e. The Morgan fingerprint density at radius 3 is 2.38 bits per heavy atom. The van der Waals surface area contributed by atoms with Crippen LogP contribution < -0.4 is 0 Å². The number of hydrogen-bond donors (Lipinski definition) is 1. The van der Waals surface area contributed by atoms with Gasteiger partial charge in [-0.05, 0) is 36.5 Å². The standard InChI is InChI=1S/C15H28O/c1-3-11(2)13-9-10-14(15(13)16)12-7-5-4-6-8-12/h11-16H,3-10H2,1-2H3. The molecule has 94 valence electrons. The van der Waals surface area contributed by atoms with Gasteiger partial charge in [0.1, 0.15) is 0 Å². The van der Waals surface area contributed by atoms with Gasteiger partial charge in [-0.2, -0.15) is 0 Å². The molecule has 0 aromatic carbocycles. The molecule has 1 nitrogen and oxygen atoms in total. The van der Waals surface area contributed by atoms with Crippen LogP contribution in [-0.4, -0.2) is 11.2 Å². The van der Waals surface area contributed by atoms with E-state index in [1.54, 1.807) is 0 Å². The SMILES string of the molecule is CCC(C)C1CCC(C2CCCCC2)C1O. The fourth-order valence-electron chi connectivity index (χ4n) is 4.04. The monoisotopic (exact) mass is 224 g/mol. The molecule has 0 spiro atoms. The van der Waals surface area contributed by atoms with Gasteiger partial charge in [-0.1, -0.05) is 52.4 Å². The second-order valence-electron chi connectivity index (χ2n) is 6.18. The zero-order valence-corrected chi connectivity index (χ0v) is 11.0. The number of hydrogen-bond acceptors (Lipinski definition) is 1. The van der Waals surface area contributed by atoms with Gasteiger partial charge < -0.3 is 5.11 Å². The molecule has 1 heteroatoms. The van der Waals surface area contributed by atoms with Gasteiger partial charge in [0.25, 0.3) is 0 Å². The number of rotatable bonds is 3. The smallest absolute Gasteiger partial charge is 0.0601 e. The van der Waals surface area contributed by atoms with Gasteiger partial charge in [0, 0.05) is 0 Å². The van der Waals surface area contributed by atoms with Crippen molar-refractivity contribution in [1.29, 1.82) is 0 Å². The third kappa shape index (κ3) is 2.45. The summed E-state index contributed by atoms with van der Waals surface area (Å²) in [6.45, 7) is 4.57. The molecule has 0 radical (unpaired) electrons. The highest BCUT2D eigenvalue weighted by Crippen LogP contribution is 2.44. The van der Waals surface area contributed by atoms with E-state index in [2.05, 4.69) is 13.8 Å². The Balaban J connectivity index is 1.92. The summed E-state index contributed by atoms with van der Waals surface area (Å²) in [6, 6.07) is 0. The molecular weight excluding hydrogens is 196 g/mol. The molecule has 0 aromatic heterocycles. The van der Waals surface area contributed by atoms with Crippen LogP contribution in [0.15, 0.2) is 0 Å². The van der Waals surface area contributed by atoms with Crippen LogP contribution in [0.1, 0.15) is 65.2 Å². The summed E-state index contributed by atoms with van der Waals surface area (Å²) < 4.78 is 0. The van der Waals surface area contributed by atoms with Gasteiger partial charge in [-0.25, -0.2) is 0 Å². The average Bonchev–Trinajstić information content (AvgIpc) is 2.71. The van der Waals surface area contributed by atoms with Crippen molar-refractivity contribution in [3.8, 4) is 0 Å². The van der Waals surface area contributed by atoms with Crippen molar-refractivity contribution in [2.45, 2.75) is 71.3 Å². The molecule has 0 saturated heterocycles. The molecule has 16 heavy (non-hydrogen) atoms. The molecule has 0 aromatic rings. The maximum atomic E-state index is 10.5. The summed E-state index contributed by atoms with van der Waals surface area (Å²) in [5.74, 6) is 2.79. The van der Waals surface area contributed by atoms with Crippen molar-refractivity contribution >= 4 is 0 Å². The highest BCUT2D eigenvalue weighted by molar-refractivity contribution is 4.91. The molecule has 2 saturated carbocycles. The predicted octanol–water partition coefficient (Wildman–Crippen LogP) is 4.00. The lowest BCUT2D eigenvalue weighted by atomic mass is 9.76. The first kappa shape index (κ1) is 12.4. The normalized spacial score (nSPS) is 38.8. The van der Waals surface area contributed by atoms with E-state index in [-0.39, 0.29) is 6.10 Å². The minimum atomic E-state index is 0.0121. The van der Waals surface area contributed by atoms with Crippen LogP contribution in [0.5, 0.6) is 0 Å². The highest BCUT2D eigenvalue weighted by atomic mass is 16.3. The summed E-state index contributed by atoms with van der Waals surface area (Å²) in [4.78, 5) is 0. The largest absolute Gasteiger partial charge is 0.393 e. The van der Waals surface area contributed by atoms with Crippen molar-refractivity contribution < 1.29 is 5.11 Å². The number of aliphatic hydroxyl groups is 1. The molecule has 1 N–H and O–H groups in total. The average molecular weight is 224 g/mol. The molecule has 2 rings (SSSR count). The lowest BCUT2D eigenvalue weighted by Crippen LogP contribution is -2.30. The molecule has 0 bridgehead atoms. The quantitative estimate of drug-likeness (QED) is 0.768. The molecule has 4 unspecified atom stereocenters. The molecule has 0 aliphatic heterocycles. The Morgan fingerprint density at radius 2 is 1.75 bits per heavy atom. The van der Waals surface area contributed by atoms with E-state index in [9.17, 15) is 5.11 Å². The van der Waals surface area contributed by atoms with Crippen molar-refractivity contribution in [3.63, 3.8) is 0 Å². The van der Waals surface area contributed by atoms with E-state index >= 15 is 0 Å². The minimum absolute atomic E-state index is 0.0121. The van der Waals surface area contributed by atoms with Gasteiger partial charge in [0.15, 0.2) is 0 Å². The fourth-order valence-corrected chi connectivity index (χ4v) is 4.04. The third-order valence-corrected chi connectivity index (χ3v) is 5.34. The van der Waals surface area contributed by atoms with Crippen molar-refractivity contribution in [2.75, 3.05) is 0 Å². The number of aliphatic hydroxyl groups excluding tert-OH is 1. The molecular formula is C15H28O. The van der Waals surface area contributed by atoms with E-state index in [4.69, 9.17) is 0 Å².